The molecule has 0 aromatic heterocycles. The van der Waals surface area contributed by atoms with E-state index < -0.39 is 0 Å². The van der Waals surface area contributed by atoms with Gasteiger partial charge in [0.2, 0.25) is 0 Å². The van der Waals surface area contributed by atoms with Crippen LogP contribution in [0.15, 0.2) is 0 Å². The summed E-state index contributed by atoms with van der Waals surface area (Å²) < 4.78 is 5.30. The standard InChI is InChI=1S/C14H27NOS/c1-4-7-15-12-5-6-14(2,3)8-13(12)17-11-9-16-10-11/h11-13,15H,4-10H2,1-3H3. The summed E-state index contributed by atoms with van der Waals surface area (Å²) in [6, 6.07) is 0.730. The Hall–Kier alpha value is 0.270. The van der Waals surface area contributed by atoms with Gasteiger partial charge in [-0.05, 0) is 37.6 Å². The van der Waals surface area contributed by atoms with Gasteiger partial charge in [-0.25, -0.2) is 0 Å². The molecule has 100 valence electrons. The zero-order valence-electron chi connectivity index (χ0n) is 11.5. The fourth-order valence-corrected chi connectivity index (χ4v) is 4.58. The molecule has 2 aliphatic rings. The number of ether oxygens (including phenoxy) is 1. The molecule has 2 unspecified atom stereocenters. The van der Waals surface area contributed by atoms with Crippen LogP contribution < -0.4 is 5.32 Å². The highest BCUT2D eigenvalue weighted by Crippen LogP contribution is 2.42. The van der Waals surface area contributed by atoms with Gasteiger partial charge in [-0.1, -0.05) is 20.8 Å². The van der Waals surface area contributed by atoms with Gasteiger partial charge < -0.3 is 10.1 Å². The van der Waals surface area contributed by atoms with E-state index >= 15 is 0 Å². The van der Waals surface area contributed by atoms with Crippen LogP contribution >= 0.6 is 11.8 Å². The minimum atomic E-state index is 0.534. The Labute approximate surface area is 110 Å². The summed E-state index contributed by atoms with van der Waals surface area (Å²) in [7, 11) is 0. The molecule has 0 spiro atoms. The molecule has 2 nitrogen and oxygen atoms in total. The van der Waals surface area contributed by atoms with Crippen LogP contribution in [0, 0.1) is 5.41 Å². The molecule has 2 rings (SSSR count). The van der Waals surface area contributed by atoms with Crippen molar-refractivity contribution in [2.75, 3.05) is 19.8 Å². The third-order valence-corrected chi connectivity index (χ3v) is 5.47. The largest absolute Gasteiger partial charge is 0.379 e. The Bertz CT molecular complexity index is 240. The molecule has 1 aliphatic heterocycles. The van der Waals surface area contributed by atoms with Gasteiger partial charge in [0.15, 0.2) is 0 Å². The minimum Gasteiger partial charge on any atom is -0.379 e. The van der Waals surface area contributed by atoms with Gasteiger partial charge >= 0.3 is 0 Å². The van der Waals surface area contributed by atoms with Crippen LogP contribution in [-0.2, 0) is 4.74 Å². The summed E-state index contributed by atoms with van der Waals surface area (Å²) in [5.41, 5.74) is 0.534. The average molecular weight is 257 g/mol. The van der Waals surface area contributed by atoms with E-state index in [0.29, 0.717) is 5.41 Å². The van der Waals surface area contributed by atoms with Crippen molar-refractivity contribution in [2.45, 2.75) is 63.0 Å². The van der Waals surface area contributed by atoms with E-state index in [9.17, 15) is 0 Å². The minimum absolute atomic E-state index is 0.534. The molecule has 0 amide bonds. The molecule has 1 saturated carbocycles. The van der Waals surface area contributed by atoms with Crippen LogP contribution in [0.3, 0.4) is 0 Å². The van der Waals surface area contributed by atoms with Crippen molar-refractivity contribution in [3.05, 3.63) is 0 Å². The maximum atomic E-state index is 5.30. The molecule has 1 aliphatic carbocycles. The first kappa shape index (κ1) is 13.7. The van der Waals surface area contributed by atoms with Crippen molar-refractivity contribution >= 4 is 11.8 Å². The summed E-state index contributed by atoms with van der Waals surface area (Å²) in [6.07, 6.45) is 5.31. The molecule has 0 bridgehead atoms. The Morgan fingerprint density at radius 1 is 1.35 bits per heavy atom. The number of rotatable bonds is 5. The fraction of sp³-hybridized carbons (Fsp3) is 1.00. The summed E-state index contributed by atoms with van der Waals surface area (Å²) >= 11 is 2.18. The molecule has 1 heterocycles. The highest BCUT2D eigenvalue weighted by molar-refractivity contribution is 8.00. The maximum absolute atomic E-state index is 5.30. The Kier molecular flexibility index (Phi) is 4.79. The second kappa shape index (κ2) is 5.94. The lowest BCUT2D eigenvalue weighted by molar-refractivity contribution is 0.0448. The van der Waals surface area contributed by atoms with Gasteiger partial charge in [-0.2, -0.15) is 0 Å². The zero-order valence-corrected chi connectivity index (χ0v) is 12.3. The van der Waals surface area contributed by atoms with Crippen molar-refractivity contribution in [3.8, 4) is 0 Å². The Balaban J connectivity index is 1.88. The Morgan fingerprint density at radius 3 is 2.71 bits per heavy atom. The van der Waals surface area contributed by atoms with Crippen LogP contribution in [0.2, 0.25) is 0 Å². The lowest BCUT2D eigenvalue weighted by Gasteiger charge is -2.43. The van der Waals surface area contributed by atoms with E-state index in [0.717, 1.165) is 29.8 Å². The lowest BCUT2D eigenvalue weighted by Crippen LogP contribution is -2.47. The number of thioether (sulfide) groups is 1. The number of nitrogens with one attached hydrogen (secondary N) is 1. The van der Waals surface area contributed by atoms with E-state index in [1.54, 1.807) is 0 Å². The lowest BCUT2D eigenvalue weighted by atomic mass is 9.75. The normalized spacial score (nSPS) is 33.4. The van der Waals surface area contributed by atoms with Crippen LogP contribution in [0.1, 0.15) is 46.5 Å². The van der Waals surface area contributed by atoms with Crippen molar-refractivity contribution in [1.82, 2.24) is 5.32 Å². The van der Waals surface area contributed by atoms with E-state index in [2.05, 4.69) is 37.8 Å². The van der Waals surface area contributed by atoms with Gasteiger partial charge in [0.05, 0.1) is 18.5 Å². The highest BCUT2D eigenvalue weighted by atomic mass is 32.2. The van der Waals surface area contributed by atoms with Crippen molar-refractivity contribution in [1.29, 1.82) is 0 Å². The molecule has 1 saturated heterocycles. The van der Waals surface area contributed by atoms with Gasteiger partial charge in [0.1, 0.15) is 0 Å². The van der Waals surface area contributed by atoms with E-state index in [4.69, 9.17) is 4.74 Å². The molecule has 2 atom stereocenters. The van der Waals surface area contributed by atoms with Gasteiger partial charge in [0, 0.05) is 11.3 Å². The molecule has 2 fully saturated rings. The summed E-state index contributed by atoms with van der Waals surface area (Å²) in [4.78, 5) is 0. The third-order valence-electron chi connectivity index (χ3n) is 3.97. The predicted molar refractivity (Wildman–Crippen MR) is 75.7 cm³/mol. The molecule has 0 aromatic rings. The molecular formula is C14H27NOS. The predicted octanol–water partition coefficient (Wildman–Crippen LogP) is 3.07. The number of hydrogen-bond acceptors (Lipinski definition) is 3. The van der Waals surface area contributed by atoms with E-state index in [1.165, 1.54) is 32.2 Å². The first-order valence-corrected chi connectivity index (χ1v) is 8.01. The quantitative estimate of drug-likeness (QED) is 0.818. The summed E-state index contributed by atoms with van der Waals surface area (Å²) in [6.45, 7) is 10.2. The first-order valence-electron chi connectivity index (χ1n) is 7.07. The van der Waals surface area contributed by atoms with Gasteiger partial charge in [0.25, 0.3) is 0 Å². The topological polar surface area (TPSA) is 21.3 Å². The molecule has 0 radical (unpaired) electrons. The average Bonchev–Trinajstić information content (AvgIpc) is 2.21. The van der Waals surface area contributed by atoms with Crippen molar-refractivity contribution in [3.63, 3.8) is 0 Å². The smallest absolute Gasteiger partial charge is 0.0608 e. The first-order chi connectivity index (χ1) is 8.11. The molecule has 17 heavy (non-hydrogen) atoms. The molecule has 3 heteroatoms. The number of hydrogen-bond donors (Lipinski definition) is 1. The van der Waals surface area contributed by atoms with Crippen LogP contribution in [-0.4, -0.2) is 36.3 Å². The molecule has 0 aromatic carbocycles. The summed E-state index contributed by atoms with van der Waals surface area (Å²) in [5, 5.41) is 5.31. The van der Waals surface area contributed by atoms with Gasteiger partial charge in [-0.3, -0.25) is 0 Å². The second-order valence-corrected chi connectivity index (χ2v) is 7.85. The van der Waals surface area contributed by atoms with Crippen LogP contribution in [0.4, 0.5) is 0 Å². The molecule has 1 N–H and O–H groups in total. The molecular weight excluding hydrogens is 230 g/mol. The highest BCUT2D eigenvalue weighted by Gasteiger charge is 2.37. The monoisotopic (exact) mass is 257 g/mol. The van der Waals surface area contributed by atoms with E-state index in [-0.39, 0.29) is 0 Å². The fourth-order valence-electron chi connectivity index (χ4n) is 2.77. The van der Waals surface area contributed by atoms with Crippen LogP contribution in [0.25, 0.3) is 0 Å². The van der Waals surface area contributed by atoms with Gasteiger partial charge in [-0.15, -0.1) is 11.8 Å². The van der Waals surface area contributed by atoms with E-state index in [1.807, 2.05) is 0 Å². The SMILES string of the molecule is CCCNC1CCC(C)(C)CC1SC1COC1. The van der Waals surface area contributed by atoms with Crippen molar-refractivity contribution < 1.29 is 4.74 Å². The zero-order chi connectivity index (χ0) is 12.3. The third kappa shape index (κ3) is 3.87. The summed E-state index contributed by atoms with van der Waals surface area (Å²) in [5.74, 6) is 0. The maximum Gasteiger partial charge on any atom is 0.0608 e. The van der Waals surface area contributed by atoms with Crippen molar-refractivity contribution in [2.24, 2.45) is 5.41 Å². The Morgan fingerprint density at radius 2 is 2.12 bits per heavy atom. The van der Waals surface area contributed by atoms with Crippen LogP contribution in [0.5, 0.6) is 0 Å². The second-order valence-electron chi connectivity index (χ2n) is 6.30.